The van der Waals surface area contributed by atoms with Crippen LogP contribution < -0.4 is 0 Å². The second kappa shape index (κ2) is 13.2. The van der Waals surface area contributed by atoms with E-state index in [0.717, 1.165) is 39.5 Å². The van der Waals surface area contributed by atoms with E-state index < -0.39 is 0 Å². The van der Waals surface area contributed by atoms with Gasteiger partial charge in [0.2, 0.25) is 0 Å². The van der Waals surface area contributed by atoms with Crippen LogP contribution in [-0.4, -0.2) is 9.97 Å². The van der Waals surface area contributed by atoms with Crippen molar-refractivity contribution in [3.05, 3.63) is 193 Å². The standard InChI is InChI=1S/C55H36N2S2/c1-55(2)45-22-9-6-18-42(45)52-43(21-13-23-46(52)55)48-32-47(56-54(57-48)34-26-27-51-44(31-34)40-17-8-10-24-49(40)58-51)37-29-35(33-14-4-3-5-15-33)28-36(30-37)38-19-12-20-41-39-16-7-11-25-50(39)59-53(38)41/h3-32H,1-2H3. The van der Waals surface area contributed by atoms with Crippen LogP contribution in [0.3, 0.4) is 0 Å². The largest absolute Gasteiger partial charge is 0.228 e. The summed E-state index contributed by atoms with van der Waals surface area (Å²) in [7, 11) is 0. The van der Waals surface area contributed by atoms with E-state index in [-0.39, 0.29) is 5.41 Å². The molecule has 8 aromatic carbocycles. The van der Waals surface area contributed by atoms with Crippen molar-refractivity contribution < 1.29 is 0 Å². The Hall–Kier alpha value is -6.72. The van der Waals surface area contributed by atoms with Crippen LogP contribution in [0.15, 0.2) is 182 Å². The highest BCUT2D eigenvalue weighted by atomic mass is 32.1. The number of aromatic nitrogens is 2. The van der Waals surface area contributed by atoms with Crippen LogP contribution in [0, 0.1) is 0 Å². The third-order valence-corrected chi connectivity index (χ3v) is 14.7. The summed E-state index contributed by atoms with van der Waals surface area (Å²) in [6.07, 6.45) is 0. The molecule has 0 bridgehead atoms. The third kappa shape index (κ3) is 5.44. The van der Waals surface area contributed by atoms with Gasteiger partial charge >= 0.3 is 0 Å². The molecule has 0 radical (unpaired) electrons. The van der Waals surface area contributed by atoms with Gasteiger partial charge in [-0.2, -0.15) is 0 Å². The van der Waals surface area contributed by atoms with Crippen molar-refractivity contribution in [1.29, 1.82) is 0 Å². The Morgan fingerprint density at radius 2 is 0.983 bits per heavy atom. The summed E-state index contributed by atoms with van der Waals surface area (Å²) >= 11 is 3.70. The summed E-state index contributed by atoms with van der Waals surface area (Å²) in [6.45, 7) is 4.68. The number of nitrogens with zero attached hydrogens (tertiary/aromatic N) is 2. The Morgan fingerprint density at radius 1 is 0.373 bits per heavy atom. The fraction of sp³-hybridized carbons (Fsp3) is 0.0545. The van der Waals surface area contributed by atoms with Gasteiger partial charge in [-0.25, -0.2) is 9.97 Å². The predicted octanol–water partition coefficient (Wildman–Crippen LogP) is 15.9. The predicted molar refractivity (Wildman–Crippen MR) is 253 cm³/mol. The monoisotopic (exact) mass is 788 g/mol. The van der Waals surface area contributed by atoms with Gasteiger partial charge in [-0.05, 0) is 99.1 Å². The molecule has 59 heavy (non-hydrogen) atoms. The molecule has 2 nitrogen and oxygen atoms in total. The van der Waals surface area contributed by atoms with Gasteiger partial charge < -0.3 is 0 Å². The minimum Gasteiger partial charge on any atom is -0.228 e. The van der Waals surface area contributed by atoms with Crippen LogP contribution in [0.25, 0.3) is 108 Å². The molecule has 278 valence electrons. The molecule has 3 aromatic heterocycles. The summed E-state index contributed by atoms with van der Waals surface area (Å²) in [5.74, 6) is 0.719. The topological polar surface area (TPSA) is 25.8 Å². The quantitative estimate of drug-likeness (QED) is 0.174. The van der Waals surface area contributed by atoms with Gasteiger partial charge in [0.15, 0.2) is 5.82 Å². The first-order chi connectivity index (χ1) is 29.0. The summed E-state index contributed by atoms with van der Waals surface area (Å²) in [4.78, 5) is 11.0. The lowest BCUT2D eigenvalue weighted by molar-refractivity contribution is 0.660. The van der Waals surface area contributed by atoms with Gasteiger partial charge in [0, 0.05) is 62.4 Å². The molecule has 0 unspecified atom stereocenters. The SMILES string of the molecule is CC1(C)c2ccccc2-c2c(-c3cc(-c4cc(-c5ccccc5)cc(-c5cccc6c5sc5ccccc56)c4)nc(-c4ccc5sc6ccccc6c5c4)n3)cccc21. The van der Waals surface area contributed by atoms with E-state index >= 15 is 0 Å². The van der Waals surface area contributed by atoms with Gasteiger partial charge in [-0.3, -0.25) is 0 Å². The molecule has 0 aliphatic heterocycles. The summed E-state index contributed by atoms with van der Waals surface area (Å²) < 4.78 is 5.15. The van der Waals surface area contributed by atoms with Crippen molar-refractivity contribution in [3.8, 4) is 67.3 Å². The average molecular weight is 789 g/mol. The number of benzene rings is 8. The minimum absolute atomic E-state index is 0.127. The Kier molecular flexibility index (Phi) is 7.65. The molecule has 11 aromatic rings. The minimum atomic E-state index is -0.127. The highest BCUT2D eigenvalue weighted by Crippen LogP contribution is 2.52. The maximum Gasteiger partial charge on any atom is 0.160 e. The number of fused-ring (bicyclic) bond motifs is 9. The van der Waals surface area contributed by atoms with Crippen LogP contribution >= 0.6 is 22.7 Å². The lowest BCUT2D eigenvalue weighted by atomic mass is 9.82. The van der Waals surface area contributed by atoms with E-state index in [2.05, 4.69) is 196 Å². The van der Waals surface area contributed by atoms with Crippen molar-refractivity contribution in [2.24, 2.45) is 0 Å². The molecule has 4 heteroatoms. The Balaban J connectivity index is 1.13. The van der Waals surface area contributed by atoms with Gasteiger partial charge in [-0.1, -0.05) is 141 Å². The van der Waals surface area contributed by atoms with Crippen molar-refractivity contribution in [2.45, 2.75) is 19.3 Å². The first-order valence-electron chi connectivity index (χ1n) is 20.1. The highest BCUT2D eigenvalue weighted by molar-refractivity contribution is 7.26. The second-order valence-corrected chi connectivity index (χ2v) is 18.3. The van der Waals surface area contributed by atoms with E-state index in [9.17, 15) is 0 Å². The molecular formula is C55H36N2S2. The zero-order valence-corrected chi connectivity index (χ0v) is 34.2. The van der Waals surface area contributed by atoms with E-state index in [4.69, 9.17) is 9.97 Å². The molecule has 0 N–H and O–H groups in total. The summed E-state index contributed by atoms with van der Waals surface area (Å²) in [5.41, 5.74) is 14.8. The van der Waals surface area contributed by atoms with E-state index in [1.807, 2.05) is 22.7 Å². The molecule has 12 rings (SSSR count). The second-order valence-electron chi connectivity index (χ2n) is 16.1. The first-order valence-corrected chi connectivity index (χ1v) is 21.8. The maximum atomic E-state index is 5.50. The van der Waals surface area contributed by atoms with E-state index in [0.29, 0.717) is 0 Å². The smallest absolute Gasteiger partial charge is 0.160 e. The molecular weight excluding hydrogens is 753 g/mol. The van der Waals surface area contributed by atoms with Crippen molar-refractivity contribution in [2.75, 3.05) is 0 Å². The first kappa shape index (κ1) is 34.3. The van der Waals surface area contributed by atoms with Crippen LogP contribution in [0.2, 0.25) is 0 Å². The fourth-order valence-corrected chi connectivity index (χ4v) is 11.7. The Labute approximate surface area is 350 Å². The normalized spacial score (nSPS) is 13.1. The zero-order valence-electron chi connectivity index (χ0n) is 32.5. The average Bonchev–Trinajstić information content (AvgIpc) is 3.94. The molecule has 1 aliphatic carbocycles. The number of hydrogen-bond donors (Lipinski definition) is 0. The molecule has 0 spiro atoms. The zero-order chi connectivity index (χ0) is 39.2. The van der Waals surface area contributed by atoms with E-state index in [1.54, 1.807) is 0 Å². The van der Waals surface area contributed by atoms with Gasteiger partial charge in [-0.15, -0.1) is 22.7 Å². The molecule has 3 heterocycles. The number of rotatable bonds is 5. The Bertz CT molecular complexity index is 3480. The number of thiophene rings is 2. The van der Waals surface area contributed by atoms with Gasteiger partial charge in [0.1, 0.15) is 0 Å². The molecule has 0 saturated carbocycles. The molecule has 0 fully saturated rings. The molecule has 1 aliphatic rings. The highest BCUT2D eigenvalue weighted by Gasteiger charge is 2.37. The van der Waals surface area contributed by atoms with Crippen LogP contribution in [-0.2, 0) is 5.41 Å². The van der Waals surface area contributed by atoms with Crippen LogP contribution in [0.1, 0.15) is 25.0 Å². The molecule has 0 saturated heterocycles. The van der Waals surface area contributed by atoms with Gasteiger partial charge in [0.25, 0.3) is 0 Å². The summed E-state index contributed by atoms with van der Waals surface area (Å²) in [5, 5.41) is 5.09. The van der Waals surface area contributed by atoms with Crippen molar-refractivity contribution >= 4 is 63.0 Å². The number of hydrogen-bond acceptors (Lipinski definition) is 4. The van der Waals surface area contributed by atoms with E-state index in [1.165, 1.54) is 79.3 Å². The maximum absolute atomic E-state index is 5.50. The third-order valence-electron chi connectivity index (χ3n) is 12.3. The van der Waals surface area contributed by atoms with Crippen molar-refractivity contribution in [1.82, 2.24) is 9.97 Å². The lowest BCUT2D eigenvalue weighted by Crippen LogP contribution is -2.14. The Morgan fingerprint density at radius 3 is 1.85 bits per heavy atom. The lowest BCUT2D eigenvalue weighted by Gasteiger charge is -2.21. The molecule has 0 amide bonds. The van der Waals surface area contributed by atoms with Crippen LogP contribution in [0.4, 0.5) is 0 Å². The van der Waals surface area contributed by atoms with Crippen LogP contribution in [0.5, 0.6) is 0 Å². The molecule has 0 atom stereocenters. The fourth-order valence-electron chi connectivity index (χ4n) is 9.40. The summed E-state index contributed by atoms with van der Waals surface area (Å²) in [6, 6.07) is 66.4. The van der Waals surface area contributed by atoms with Gasteiger partial charge in [0.05, 0.1) is 11.4 Å². The van der Waals surface area contributed by atoms with Crippen molar-refractivity contribution in [3.63, 3.8) is 0 Å².